The molecule has 0 heterocycles. The molecule has 0 spiro atoms. The van der Waals surface area contributed by atoms with Gasteiger partial charge in [-0.05, 0) is 43.1 Å². The average Bonchev–Trinajstić information content (AvgIpc) is 2.35. The SMILES string of the molecule is Cc1cccc(CCNCc2cccc(Cl)c2)c1. The number of nitrogens with one attached hydrogen (secondary N) is 1. The molecule has 0 atom stereocenters. The zero-order chi connectivity index (χ0) is 12.8. The lowest BCUT2D eigenvalue weighted by Gasteiger charge is -2.06. The summed E-state index contributed by atoms with van der Waals surface area (Å²) in [6.07, 6.45) is 1.06. The molecule has 2 aromatic carbocycles. The van der Waals surface area contributed by atoms with Gasteiger partial charge in [-0.1, -0.05) is 53.6 Å². The highest BCUT2D eigenvalue weighted by Crippen LogP contribution is 2.10. The Morgan fingerprint density at radius 1 is 1.00 bits per heavy atom. The molecule has 2 rings (SSSR count). The first-order valence-corrected chi connectivity index (χ1v) is 6.62. The summed E-state index contributed by atoms with van der Waals surface area (Å²) in [6.45, 7) is 3.98. The lowest BCUT2D eigenvalue weighted by molar-refractivity contribution is 0.687. The summed E-state index contributed by atoms with van der Waals surface area (Å²) in [4.78, 5) is 0. The Balaban J connectivity index is 1.76. The molecule has 1 N–H and O–H groups in total. The van der Waals surface area contributed by atoms with E-state index >= 15 is 0 Å². The minimum absolute atomic E-state index is 0.799. The highest BCUT2D eigenvalue weighted by Gasteiger charge is 1.96. The van der Waals surface area contributed by atoms with Crippen LogP contribution in [0.5, 0.6) is 0 Å². The molecule has 0 aliphatic heterocycles. The van der Waals surface area contributed by atoms with Gasteiger partial charge in [-0.2, -0.15) is 0 Å². The van der Waals surface area contributed by atoms with E-state index in [1.807, 2.05) is 18.2 Å². The molecule has 0 amide bonds. The second kappa shape index (κ2) is 6.58. The van der Waals surface area contributed by atoms with Gasteiger partial charge in [0.2, 0.25) is 0 Å². The second-order valence-electron chi connectivity index (χ2n) is 4.55. The van der Waals surface area contributed by atoms with Gasteiger partial charge in [-0.3, -0.25) is 0 Å². The molecule has 0 saturated heterocycles. The quantitative estimate of drug-likeness (QED) is 0.801. The van der Waals surface area contributed by atoms with Crippen molar-refractivity contribution in [2.45, 2.75) is 19.9 Å². The molecule has 2 aromatic rings. The Kier molecular flexibility index (Phi) is 4.80. The molecule has 0 saturated carbocycles. The lowest BCUT2D eigenvalue weighted by atomic mass is 10.1. The predicted molar refractivity (Wildman–Crippen MR) is 78.0 cm³/mol. The Morgan fingerprint density at radius 2 is 1.78 bits per heavy atom. The number of aryl methyl sites for hydroxylation is 1. The third-order valence-electron chi connectivity index (χ3n) is 2.89. The van der Waals surface area contributed by atoms with Crippen LogP contribution in [0.3, 0.4) is 0 Å². The zero-order valence-electron chi connectivity index (χ0n) is 10.6. The maximum absolute atomic E-state index is 5.94. The third-order valence-corrected chi connectivity index (χ3v) is 3.13. The summed E-state index contributed by atoms with van der Waals surface area (Å²) in [6, 6.07) is 16.6. The van der Waals surface area contributed by atoms with Gasteiger partial charge in [-0.15, -0.1) is 0 Å². The smallest absolute Gasteiger partial charge is 0.0409 e. The van der Waals surface area contributed by atoms with Crippen molar-refractivity contribution in [2.24, 2.45) is 0 Å². The van der Waals surface area contributed by atoms with Gasteiger partial charge < -0.3 is 5.32 Å². The van der Waals surface area contributed by atoms with Crippen LogP contribution in [0.4, 0.5) is 0 Å². The van der Waals surface area contributed by atoms with Crippen molar-refractivity contribution in [2.75, 3.05) is 6.54 Å². The van der Waals surface area contributed by atoms with Crippen LogP contribution >= 0.6 is 11.6 Å². The summed E-state index contributed by atoms with van der Waals surface area (Å²) < 4.78 is 0. The standard InChI is InChI=1S/C16H18ClN/c1-13-4-2-5-14(10-13)8-9-18-12-15-6-3-7-16(17)11-15/h2-7,10-11,18H,8-9,12H2,1H3. The first kappa shape index (κ1) is 13.1. The Hall–Kier alpha value is -1.31. The molecule has 0 unspecified atom stereocenters. The van der Waals surface area contributed by atoms with E-state index in [0.29, 0.717) is 0 Å². The van der Waals surface area contributed by atoms with Crippen molar-refractivity contribution < 1.29 is 0 Å². The number of rotatable bonds is 5. The van der Waals surface area contributed by atoms with Crippen LogP contribution in [0.2, 0.25) is 5.02 Å². The molecular formula is C16H18ClN. The van der Waals surface area contributed by atoms with Gasteiger partial charge in [0, 0.05) is 11.6 Å². The molecule has 0 fully saturated rings. The Morgan fingerprint density at radius 3 is 2.56 bits per heavy atom. The Bertz CT molecular complexity index is 460. The molecule has 0 aromatic heterocycles. The predicted octanol–water partition coefficient (Wildman–Crippen LogP) is 3.98. The van der Waals surface area contributed by atoms with Gasteiger partial charge in [0.25, 0.3) is 0 Å². The molecule has 0 bridgehead atoms. The first-order chi connectivity index (χ1) is 8.74. The molecule has 18 heavy (non-hydrogen) atoms. The molecule has 0 aliphatic rings. The zero-order valence-corrected chi connectivity index (χ0v) is 11.4. The minimum Gasteiger partial charge on any atom is -0.312 e. The first-order valence-electron chi connectivity index (χ1n) is 6.25. The van der Waals surface area contributed by atoms with E-state index in [1.165, 1.54) is 16.7 Å². The topological polar surface area (TPSA) is 12.0 Å². The summed E-state index contributed by atoms with van der Waals surface area (Å²) in [5.41, 5.74) is 3.93. The van der Waals surface area contributed by atoms with Gasteiger partial charge in [0.15, 0.2) is 0 Å². The molecule has 0 radical (unpaired) electrons. The minimum atomic E-state index is 0.799. The molecule has 94 valence electrons. The lowest BCUT2D eigenvalue weighted by Crippen LogP contribution is -2.16. The van der Waals surface area contributed by atoms with Crippen LogP contribution in [-0.2, 0) is 13.0 Å². The number of hydrogen-bond donors (Lipinski definition) is 1. The van der Waals surface area contributed by atoms with Crippen LogP contribution in [0.15, 0.2) is 48.5 Å². The van der Waals surface area contributed by atoms with Crippen molar-refractivity contribution in [3.8, 4) is 0 Å². The van der Waals surface area contributed by atoms with Crippen molar-refractivity contribution in [1.82, 2.24) is 5.32 Å². The summed E-state index contributed by atoms with van der Waals surface area (Å²) in [5.74, 6) is 0. The molecular weight excluding hydrogens is 242 g/mol. The third kappa shape index (κ3) is 4.17. The van der Waals surface area contributed by atoms with Crippen molar-refractivity contribution in [3.63, 3.8) is 0 Å². The summed E-state index contributed by atoms with van der Waals surface area (Å²) >= 11 is 5.94. The van der Waals surface area contributed by atoms with Crippen molar-refractivity contribution in [1.29, 1.82) is 0 Å². The van der Waals surface area contributed by atoms with Gasteiger partial charge in [0.1, 0.15) is 0 Å². The fourth-order valence-electron chi connectivity index (χ4n) is 1.98. The van der Waals surface area contributed by atoms with E-state index in [1.54, 1.807) is 0 Å². The van der Waals surface area contributed by atoms with Crippen LogP contribution in [0, 0.1) is 6.92 Å². The van der Waals surface area contributed by atoms with Crippen LogP contribution in [0.1, 0.15) is 16.7 Å². The maximum Gasteiger partial charge on any atom is 0.0409 e. The van der Waals surface area contributed by atoms with E-state index in [9.17, 15) is 0 Å². The van der Waals surface area contributed by atoms with Gasteiger partial charge >= 0.3 is 0 Å². The number of benzene rings is 2. The van der Waals surface area contributed by atoms with Gasteiger partial charge in [0.05, 0.1) is 0 Å². The average molecular weight is 260 g/mol. The van der Waals surface area contributed by atoms with E-state index < -0.39 is 0 Å². The number of halogens is 1. The monoisotopic (exact) mass is 259 g/mol. The van der Waals surface area contributed by atoms with Crippen LogP contribution in [0.25, 0.3) is 0 Å². The van der Waals surface area contributed by atoms with E-state index in [-0.39, 0.29) is 0 Å². The summed E-state index contributed by atoms with van der Waals surface area (Å²) in [5, 5.41) is 4.24. The van der Waals surface area contributed by atoms with Crippen molar-refractivity contribution in [3.05, 3.63) is 70.2 Å². The van der Waals surface area contributed by atoms with Crippen LogP contribution < -0.4 is 5.32 Å². The Labute approximate surface area is 114 Å². The number of hydrogen-bond acceptors (Lipinski definition) is 1. The van der Waals surface area contributed by atoms with E-state index in [2.05, 4.69) is 42.6 Å². The van der Waals surface area contributed by atoms with Crippen molar-refractivity contribution >= 4 is 11.6 Å². The molecule has 1 nitrogen and oxygen atoms in total. The van der Waals surface area contributed by atoms with Crippen LogP contribution in [-0.4, -0.2) is 6.54 Å². The maximum atomic E-state index is 5.94. The molecule has 0 aliphatic carbocycles. The summed E-state index contributed by atoms with van der Waals surface area (Å²) in [7, 11) is 0. The second-order valence-corrected chi connectivity index (χ2v) is 4.98. The highest BCUT2D eigenvalue weighted by molar-refractivity contribution is 6.30. The normalized spacial score (nSPS) is 10.6. The highest BCUT2D eigenvalue weighted by atomic mass is 35.5. The molecule has 2 heteroatoms. The van der Waals surface area contributed by atoms with Gasteiger partial charge in [-0.25, -0.2) is 0 Å². The fourth-order valence-corrected chi connectivity index (χ4v) is 2.19. The fraction of sp³-hybridized carbons (Fsp3) is 0.250. The largest absolute Gasteiger partial charge is 0.312 e. The van der Waals surface area contributed by atoms with E-state index in [4.69, 9.17) is 11.6 Å². The van der Waals surface area contributed by atoms with E-state index in [0.717, 1.165) is 24.5 Å².